The van der Waals surface area contributed by atoms with Crippen molar-refractivity contribution >= 4 is 21.6 Å². The van der Waals surface area contributed by atoms with Crippen molar-refractivity contribution in [1.82, 2.24) is 5.32 Å². The fraction of sp³-hybridized carbons (Fsp3) is 0.269. The quantitative estimate of drug-likeness (QED) is 0.442. The summed E-state index contributed by atoms with van der Waals surface area (Å²) in [6.07, 6.45) is 0. The summed E-state index contributed by atoms with van der Waals surface area (Å²) in [6, 6.07) is 16.8. The number of anilines is 1. The van der Waals surface area contributed by atoms with Gasteiger partial charge in [-0.25, -0.2) is 8.42 Å². The van der Waals surface area contributed by atoms with E-state index in [9.17, 15) is 13.2 Å². The molecule has 0 atom stereocenters. The van der Waals surface area contributed by atoms with Gasteiger partial charge in [-0.05, 0) is 73.5 Å². The van der Waals surface area contributed by atoms with Crippen LogP contribution >= 0.6 is 0 Å². The third-order valence-corrected chi connectivity index (χ3v) is 7.33. The van der Waals surface area contributed by atoms with Gasteiger partial charge in [-0.15, -0.1) is 0 Å². The fourth-order valence-electron chi connectivity index (χ4n) is 3.73. The molecule has 1 N–H and O–H groups in total. The van der Waals surface area contributed by atoms with Gasteiger partial charge in [-0.3, -0.25) is 9.10 Å². The van der Waals surface area contributed by atoms with E-state index in [0.717, 1.165) is 15.4 Å². The number of nitrogens with zero attached hydrogens (tertiary/aromatic N) is 1. The number of rotatable bonds is 10. The van der Waals surface area contributed by atoms with Gasteiger partial charge in [0, 0.05) is 6.54 Å². The van der Waals surface area contributed by atoms with Crippen molar-refractivity contribution < 1.29 is 32.2 Å². The molecule has 9 nitrogen and oxygen atoms in total. The Bertz CT molecular complexity index is 1340. The Labute approximate surface area is 210 Å². The molecule has 0 aromatic heterocycles. The Morgan fingerprint density at radius 1 is 1.03 bits per heavy atom. The second kappa shape index (κ2) is 10.8. The van der Waals surface area contributed by atoms with Crippen LogP contribution in [-0.2, 0) is 21.4 Å². The summed E-state index contributed by atoms with van der Waals surface area (Å²) in [5, 5.41) is 2.79. The first kappa shape index (κ1) is 25.2. The minimum atomic E-state index is -4.16. The average molecular weight is 513 g/mol. The number of nitrogens with one attached hydrogen (secondary N) is 1. The fourth-order valence-corrected chi connectivity index (χ4v) is 5.40. The molecule has 0 bridgehead atoms. The van der Waals surface area contributed by atoms with Gasteiger partial charge < -0.3 is 24.3 Å². The molecule has 0 saturated carbocycles. The molecule has 0 unspecified atom stereocenters. The van der Waals surface area contributed by atoms with E-state index in [0.29, 0.717) is 29.5 Å². The summed E-state index contributed by atoms with van der Waals surface area (Å²) < 4.78 is 50.2. The maximum absolute atomic E-state index is 13.8. The lowest BCUT2D eigenvalue weighted by Gasteiger charge is -2.25. The molecule has 3 aromatic carbocycles. The Hall–Kier alpha value is -3.92. The Balaban J connectivity index is 1.60. The van der Waals surface area contributed by atoms with Gasteiger partial charge in [0.1, 0.15) is 22.9 Å². The summed E-state index contributed by atoms with van der Waals surface area (Å²) in [4.78, 5) is 12.9. The lowest BCUT2D eigenvalue weighted by atomic mass is 10.2. The van der Waals surface area contributed by atoms with Gasteiger partial charge in [0.2, 0.25) is 12.7 Å². The van der Waals surface area contributed by atoms with Gasteiger partial charge in [0.05, 0.1) is 19.4 Å². The number of benzene rings is 3. The summed E-state index contributed by atoms with van der Waals surface area (Å²) in [7, 11) is -2.75. The molecule has 0 radical (unpaired) electrons. The molecule has 190 valence electrons. The minimum Gasteiger partial charge on any atom is -0.495 e. The van der Waals surface area contributed by atoms with Crippen LogP contribution < -0.4 is 28.6 Å². The van der Waals surface area contributed by atoms with Crippen molar-refractivity contribution in [2.45, 2.75) is 25.3 Å². The number of carbonyl (C=O) groups excluding carboxylic acids is 1. The van der Waals surface area contributed by atoms with E-state index >= 15 is 0 Å². The van der Waals surface area contributed by atoms with Gasteiger partial charge >= 0.3 is 0 Å². The summed E-state index contributed by atoms with van der Waals surface area (Å²) in [6.45, 7) is 4.04. The highest BCUT2D eigenvalue weighted by atomic mass is 32.2. The van der Waals surface area contributed by atoms with E-state index in [1.54, 1.807) is 55.5 Å². The maximum Gasteiger partial charge on any atom is 0.268 e. The number of hydrogen-bond donors (Lipinski definition) is 1. The lowest BCUT2D eigenvalue weighted by Crippen LogP contribution is -2.40. The van der Waals surface area contributed by atoms with Gasteiger partial charge in [0.25, 0.3) is 10.0 Å². The predicted octanol–water partition coefficient (Wildman–Crippen LogP) is 3.64. The molecule has 0 spiro atoms. The number of ether oxygens (including phenoxy) is 4. The molecule has 1 amide bonds. The van der Waals surface area contributed by atoms with E-state index in [4.69, 9.17) is 18.9 Å². The highest BCUT2D eigenvalue weighted by Crippen LogP contribution is 2.33. The minimum absolute atomic E-state index is 0.0255. The predicted molar refractivity (Wildman–Crippen MR) is 134 cm³/mol. The molecule has 0 saturated heterocycles. The lowest BCUT2D eigenvalue weighted by molar-refractivity contribution is -0.119. The Morgan fingerprint density at radius 2 is 1.78 bits per heavy atom. The molecule has 4 rings (SSSR count). The molecule has 0 fully saturated rings. The van der Waals surface area contributed by atoms with Gasteiger partial charge in [-0.2, -0.15) is 0 Å². The molecule has 1 aliphatic heterocycles. The van der Waals surface area contributed by atoms with Crippen LogP contribution in [0.1, 0.15) is 18.1 Å². The number of methoxy groups -OCH3 is 1. The molecule has 3 aromatic rings. The van der Waals surface area contributed by atoms with Crippen molar-refractivity contribution in [2.75, 3.05) is 31.4 Å². The number of sulfonamides is 1. The van der Waals surface area contributed by atoms with E-state index < -0.39 is 22.5 Å². The summed E-state index contributed by atoms with van der Waals surface area (Å²) in [5.74, 6) is 1.56. The molecule has 0 aliphatic carbocycles. The smallest absolute Gasteiger partial charge is 0.268 e. The third kappa shape index (κ3) is 5.49. The van der Waals surface area contributed by atoms with Crippen LogP contribution in [0.3, 0.4) is 0 Å². The van der Waals surface area contributed by atoms with Gasteiger partial charge in [0.15, 0.2) is 11.5 Å². The average Bonchev–Trinajstić information content (AvgIpc) is 3.35. The van der Waals surface area contributed by atoms with Crippen LogP contribution in [0, 0.1) is 6.92 Å². The SMILES string of the molecule is CCOc1ccc(N(CC(=O)NCc2ccc3c(c2)OCO3)S(=O)(=O)c2cc(C)ccc2OC)cc1. The van der Waals surface area contributed by atoms with Crippen molar-refractivity contribution in [1.29, 1.82) is 0 Å². The molecular weight excluding hydrogens is 484 g/mol. The van der Waals surface area contributed by atoms with E-state index in [1.165, 1.54) is 13.2 Å². The van der Waals surface area contributed by atoms with E-state index in [-0.39, 0.29) is 24.0 Å². The maximum atomic E-state index is 13.8. The second-order valence-electron chi connectivity index (χ2n) is 8.06. The largest absolute Gasteiger partial charge is 0.495 e. The summed E-state index contributed by atoms with van der Waals surface area (Å²) in [5.41, 5.74) is 1.86. The third-order valence-electron chi connectivity index (χ3n) is 5.54. The number of hydrogen-bond acceptors (Lipinski definition) is 7. The number of carbonyl (C=O) groups is 1. The topological polar surface area (TPSA) is 103 Å². The molecule has 1 heterocycles. The monoisotopic (exact) mass is 512 g/mol. The van der Waals surface area contributed by atoms with Crippen LogP contribution in [0.15, 0.2) is 65.6 Å². The molecule has 36 heavy (non-hydrogen) atoms. The zero-order valence-corrected chi connectivity index (χ0v) is 21.1. The van der Waals surface area contributed by atoms with Crippen molar-refractivity contribution in [2.24, 2.45) is 0 Å². The van der Waals surface area contributed by atoms with E-state index in [1.807, 2.05) is 13.0 Å². The van der Waals surface area contributed by atoms with Crippen LogP contribution in [0.4, 0.5) is 5.69 Å². The standard InChI is InChI=1S/C26H28N2O7S/c1-4-33-21-9-7-20(8-10-21)28(36(30,31)25-13-18(2)5-11-23(25)32-3)16-26(29)27-15-19-6-12-22-24(14-19)35-17-34-22/h5-14H,4,15-17H2,1-3H3,(H,27,29). The normalized spacial score (nSPS) is 12.2. The summed E-state index contributed by atoms with van der Waals surface area (Å²) >= 11 is 0. The first-order chi connectivity index (χ1) is 17.3. The first-order valence-corrected chi connectivity index (χ1v) is 12.8. The second-order valence-corrected chi connectivity index (χ2v) is 9.89. The van der Waals surface area contributed by atoms with Crippen LogP contribution in [0.2, 0.25) is 0 Å². The van der Waals surface area contributed by atoms with Crippen LogP contribution in [0.25, 0.3) is 0 Å². The van der Waals surface area contributed by atoms with Crippen molar-refractivity contribution in [3.05, 3.63) is 71.8 Å². The molecule has 10 heteroatoms. The Morgan fingerprint density at radius 3 is 2.50 bits per heavy atom. The Kier molecular flexibility index (Phi) is 7.54. The van der Waals surface area contributed by atoms with Crippen LogP contribution in [0.5, 0.6) is 23.0 Å². The van der Waals surface area contributed by atoms with Crippen LogP contribution in [-0.4, -0.2) is 41.4 Å². The first-order valence-electron chi connectivity index (χ1n) is 11.4. The van der Waals surface area contributed by atoms with Gasteiger partial charge in [-0.1, -0.05) is 12.1 Å². The highest BCUT2D eigenvalue weighted by Gasteiger charge is 2.30. The number of amides is 1. The van der Waals surface area contributed by atoms with E-state index in [2.05, 4.69) is 5.32 Å². The molecule has 1 aliphatic rings. The number of aryl methyl sites for hydroxylation is 1. The van der Waals surface area contributed by atoms with Crippen molar-refractivity contribution in [3.8, 4) is 23.0 Å². The molecular formula is C26H28N2O7S. The highest BCUT2D eigenvalue weighted by molar-refractivity contribution is 7.93. The number of fused-ring (bicyclic) bond motifs is 1. The zero-order valence-electron chi connectivity index (χ0n) is 20.3. The zero-order chi connectivity index (χ0) is 25.7. The van der Waals surface area contributed by atoms with Crippen molar-refractivity contribution in [3.63, 3.8) is 0 Å².